The maximum atomic E-state index is 4.67. The van der Waals surface area contributed by atoms with Crippen LogP contribution in [-0.4, -0.2) is 9.55 Å². The minimum Gasteiger partial charge on any atom is -0.332 e. The first-order valence-corrected chi connectivity index (χ1v) is 5.73. The number of imidazole rings is 1. The van der Waals surface area contributed by atoms with Crippen LogP contribution in [0.25, 0.3) is 0 Å². The predicted molar refractivity (Wildman–Crippen MR) is 58.4 cm³/mol. The first-order valence-electron chi connectivity index (χ1n) is 5.73. The summed E-state index contributed by atoms with van der Waals surface area (Å²) in [6.07, 6.45) is 5.10. The van der Waals surface area contributed by atoms with Gasteiger partial charge in [-0.15, -0.1) is 0 Å². The van der Waals surface area contributed by atoms with Crippen LogP contribution in [0.1, 0.15) is 43.9 Å². The zero-order valence-electron chi connectivity index (χ0n) is 9.51. The molecule has 1 aromatic heterocycles. The second-order valence-corrected chi connectivity index (χ2v) is 4.76. The molecular weight excluding hydrogens is 172 g/mol. The van der Waals surface area contributed by atoms with Crippen molar-refractivity contribution in [1.82, 2.24) is 9.55 Å². The topological polar surface area (TPSA) is 17.8 Å². The van der Waals surface area contributed by atoms with Gasteiger partial charge < -0.3 is 4.57 Å². The molecule has 0 bridgehead atoms. The Morgan fingerprint density at radius 1 is 1.29 bits per heavy atom. The lowest BCUT2D eigenvalue weighted by atomic mass is 10.0. The fraction of sp³-hybridized carbons (Fsp3) is 0.750. The summed E-state index contributed by atoms with van der Waals surface area (Å²) in [5, 5.41) is 0. The molecule has 1 aliphatic rings. The number of hydrogen-bond acceptors (Lipinski definition) is 1. The highest BCUT2D eigenvalue weighted by Gasteiger charge is 2.17. The Bertz CT molecular complexity index is 323. The summed E-state index contributed by atoms with van der Waals surface area (Å²) >= 11 is 0. The molecule has 78 valence electrons. The number of aromatic nitrogens is 2. The van der Waals surface area contributed by atoms with E-state index in [2.05, 4.69) is 30.3 Å². The Morgan fingerprint density at radius 3 is 2.71 bits per heavy atom. The molecule has 14 heavy (non-hydrogen) atoms. The molecule has 0 aromatic carbocycles. The molecule has 0 unspecified atom stereocenters. The SMILES string of the molecule is Cc1nc2c(n1CC(C)C)CCCC2. The summed E-state index contributed by atoms with van der Waals surface area (Å²) in [6, 6.07) is 0. The van der Waals surface area contributed by atoms with Crippen LogP contribution in [0.2, 0.25) is 0 Å². The van der Waals surface area contributed by atoms with Crippen LogP contribution in [0.15, 0.2) is 0 Å². The van der Waals surface area contributed by atoms with Crippen molar-refractivity contribution in [3.05, 3.63) is 17.2 Å². The largest absolute Gasteiger partial charge is 0.332 e. The molecular formula is C12H20N2. The van der Waals surface area contributed by atoms with E-state index < -0.39 is 0 Å². The highest BCUT2D eigenvalue weighted by Crippen LogP contribution is 2.22. The number of nitrogens with zero attached hydrogens (tertiary/aromatic N) is 2. The summed E-state index contributed by atoms with van der Waals surface area (Å²) < 4.78 is 2.43. The molecule has 2 heteroatoms. The monoisotopic (exact) mass is 192 g/mol. The zero-order chi connectivity index (χ0) is 10.1. The van der Waals surface area contributed by atoms with Crippen molar-refractivity contribution in [2.75, 3.05) is 0 Å². The van der Waals surface area contributed by atoms with E-state index in [0.717, 1.165) is 6.54 Å². The van der Waals surface area contributed by atoms with Crippen LogP contribution in [0.4, 0.5) is 0 Å². The predicted octanol–water partition coefficient (Wildman–Crippen LogP) is 2.73. The molecule has 2 rings (SSSR count). The maximum Gasteiger partial charge on any atom is 0.106 e. The Balaban J connectivity index is 2.33. The van der Waals surface area contributed by atoms with E-state index in [1.165, 1.54) is 42.9 Å². The van der Waals surface area contributed by atoms with Gasteiger partial charge in [0.2, 0.25) is 0 Å². The third-order valence-electron chi connectivity index (χ3n) is 2.97. The van der Waals surface area contributed by atoms with Crippen molar-refractivity contribution in [1.29, 1.82) is 0 Å². The summed E-state index contributed by atoms with van der Waals surface area (Å²) in [5.41, 5.74) is 2.89. The van der Waals surface area contributed by atoms with Gasteiger partial charge in [-0.2, -0.15) is 0 Å². The average Bonchev–Trinajstić information content (AvgIpc) is 2.43. The second-order valence-electron chi connectivity index (χ2n) is 4.76. The van der Waals surface area contributed by atoms with E-state index in [9.17, 15) is 0 Å². The van der Waals surface area contributed by atoms with Crippen LogP contribution in [0.3, 0.4) is 0 Å². The van der Waals surface area contributed by atoms with Crippen molar-refractivity contribution in [2.24, 2.45) is 5.92 Å². The first-order chi connectivity index (χ1) is 6.68. The average molecular weight is 192 g/mol. The molecule has 2 nitrogen and oxygen atoms in total. The molecule has 0 saturated heterocycles. The third kappa shape index (κ3) is 1.70. The lowest BCUT2D eigenvalue weighted by Gasteiger charge is -2.16. The molecule has 0 aliphatic heterocycles. The fourth-order valence-electron chi connectivity index (χ4n) is 2.34. The highest BCUT2D eigenvalue weighted by molar-refractivity contribution is 5.19. The Kier molecular flexibility index (Phi) is 2.62. The summed E-state index contributed by atoms with van der Waals surface area (Å²) in [4.78, 5) is 4.67. The van der Waals surface area contributed by atoms with Crippen molar-refractivity contribution >= 4 is 0 Å². The van der Waals surface area contributed by atoms with Crippen molar-refractivity contribution < 1.29 is 0 Å². The van der Waals surface area contributed by atoms with E-state index in [4.69, 9.17) is 0 Å². The minimum atomic E-state index is 0.717. The Labute approximate surface area is 86.3 Å². The Hall–Kier alpha value is -0.790. The summed E-state index contributed by atoms with van der Waals surface area (Å²) in [6.45, 7) is 7.82. The lowest BCUT2D eigenvalue weighted by molar-refractivity contribution is 0.492. The van der Waals surface area contributed by atoms with Gasteiger partial charge in [0.05, 0.1) is 5.69 Å². The number of hydrogen-bond donors (Lipinski definition) is 0. The normalized spacial score (nSPS) is 16.0. The first kappa shape index (κ1) is 9.75. The highest BCUT2D eigenvalue weighted by atomic mass is 15.1. The van der Waals surface area contributed by atoms with Crippen molar-refractivity contribution in [2.45, 2.75) is 53.0 Å². The van der Waals surface area contributed by atoms with Gasteiger partial charge in [-0.25, -0.2) is 4.98 Å². The van der Waals surface area contributed by atoms with Crippen LogP contribution in [-0.2, 0) is 19.4 Å². The molecule has 0 spiro atoms. The van der Waals surface area contributed by atoms with E-state index in [-0.39, 0.29) is 0 Å². The van der Waals surface area contributed by atoms with Gasteiger partial charge in [-0.1, -0.05) is 13.8 Å². The van der Waals surface area contributed by atoms with E-state index in [1.807, 2.05) is 0 Å². The quantitative estimate of drug-likeness (QED) is 0.704. The molecule has 0 saturated carbocycles. The van der Waals surface area contributed by atoms with Gasteiger partial charge >= 0.3 is 0 Å². The summed E-state index contributed by atoms with van der Waals surface area (Å²) in [7, 11) is 0. The van der Waals surface area contributed by atoms with Crippen LogP contribution in [0, 0.1) is 12.8 Å². The van der Waals surface area contributed by atoms with Crippen molar-refractivity contribution in [3.8, 4) is 0 Å². The molecule has 1 aromatic rings. The molecule has 0 atom stereocenters. The minimum absolute atomic E-state index is 0.717. The van der Waals surface area contributed by atoms with Gasteiger partial charge in [-0.05, 0) is 38.5 Å². The van der Waals surface area contributed by atoms with Crippen LogP contribution < -0.4 is 0 Å². The summed E-state index contributed by atoms with van der Waals surface area (Å²) in [5.74, 6) is 1.93. The third-order valence-corrected chi connectivity index (χ3v) is 2.97. The van der Waals surface area contributed by atoms with E-state index in [0.29, 0.717) is 5.92 Å². The molecule has 0 N–H and O–H groups in total. The van der Waals surface area contributed by atoms with E-state index in [1.54, 1.807) is 0 Å². The smallest absolute Gasteiger partial charge is 0.106 e. The zero-order valence-corrected chi connectivity index (χ0v) is 9.51. The van der Waals surface area contributed by atoms with Crippen molar-refractivity contribution in [3.63, 3.8) is 0 Å². The fourth-order valence-corrected chi connectivity index (χ4v) is 2.34. The second kappa shape index (κ2) is 3.76. The lowest BCUT2D eigenvalue weighted by Crippen LogP contribution is -2.12. The number of rotatable bonds is 2. The van der Waals surface area contributed by atoms with Gasteiger partial charge in [0.15, 0.2) is 0 Å². The molecule has 1 aliphatic carbocycles. The maximum absolute atomic E-state index is 4.67. The standard InChI is InChI=1S/C12H20N2/c1-9(2)8-14-10(3)13-11-6-4-5-7-12(11)14/h9H,4-8H2,1-3H3. The van der Waals surface area contributed by atoms with Gasteiger partial charge in [0, 0.05) is 12.2 Å². The number of fused-ring (bicyclic) bond motifs is 1. The van der Waals surface area contributed by atoms with Gasteiger partial charge in [0.1, 0.15) is 5.82 Å². The van der Waals surface area contributed by atoms with Gasteiger partial charge in [-0.3, -0.25) is 0 Å². The molecule has 0 radical (unpaired) electrons. The molecule has 0 fully saturated rings. The molecule has 1 heterocycles. The van der Waals surface area contributed by atoms with Gasteiger partial charge in [0.25, 0.3) is 0 Å². The van der Waals surface area contributed by atoms with Crippen LogP contribution >= 0.6 is 0 Å². The Morgan fingerprint density at radius 2 is 2.00 bits per heavy atom. The molecule has 0 amide bonds. The van der Waals surface area contributed by atoms with E-state index >= 15 is 0 Å². The van der Waals surface area contributed by atoms with Crippen LogP contribution in [0.5, 0.6) is 0 Å². The number of aryl methyl sites for hydroxylation is 2.